The van der Waals surface area contributed by atoms with E-state index in [1.165, 1.54) is 4.88 Å². The molecule has 1 fully saturated rings. The van der Waals surface area contributed by atoms with Crippen LogP contribution < -0.4 is 0 Å². The van der Waals surface area contributed by atoms with Crippen LogP contribution in [0.4, 0.5) is 0 Å². The smallest absolute Gasteiger partial charge is 0.113 e. The molecule has 0 spiro atoms. The molecule has 0 unspecified atom stereocenters. The van der Waals surface area contributed by atoms with Crippen LogP contribution in [0.15, 0.2) is 41.8 Å². The van der Waals surface area contributed by atoms with Crippen LogP contribution >= 0.6 is 11.3 Å². The first-order valence-corrected chi connectivity index (χ1v) is 8.40. The van der Waals surface area contributed by atoms with E-state index >= 15 is 0 Å². The summed E-state index contributed by atoms with van der Waals surface area (Å²) in [5.74, 6) is 0. The van der Waals surface area contributed by atoms with Gasteiger partial charge in [-0.05, 0) is 22.6 Å². The van der Waals surface area contributed by atoms with E-state index < -0.39 is 37.1 Å². The van der Waals surface area contributed by atoms with Crippen molar-refractivity contribution in [1.82, 2.24) is 0 Å². The maximum absolute atomic E-state index is 10.3. The number of thiophene rings is 1. The molecule has 1 aliphatic rings. The Morgan fingerprint density at radius 1 is 0.957 bits per heavy atom. The van der Waals surface area contributed by atoms with E-state index in [0.717, 1.165) is 11.1 Å². The lowest BCUT2D eigenvalue weighted by Gasteiger charge is -2.40. The molecule has 23 heavy (non-hydrogen) atoms. The number of ether oxygens (including phenoxy) is 1. The predicted molar refractivity (Wildman–Crippen MR) is 86.3 cm³/mol. The Kier molecular flexibility index (Phi) is 5.11. The number of hydrogen-bond acceptors (Lipinski definition) is 6. The Morgan fingerprint density at radius 3 is 2.43 bits per heavy atom. The number of benzene rings is 1. The fourth-order valence-corrected chi connectivity index (χ4v) is 3.66. The largest absolute Gasteiger partial charge is 0.394 e. The van der Waals surface area contributed by atoms with E-state index in [-0.39, 0.29) is 0 Å². The van der Waals surface area contributed by atoms with Gasteiger partial charge in [-0.25, -0.2) is 0 Å². The Hall–Kier alpha value is -1.28. The van der Waals surface area contributed by atoms with Crippen molar-refractivity contribution in [3.63, 3.8) is 0 Å². The zero-order valence-corrected chi connectivity index (χ0v) is 13.3. The quantitative estimate of drug-likeness (QED) is 0.665. The Balaban J connectivity index is 1.91. The van der Waals surface area contributed by atoms with Gasteiger partial charge in [-0.2, -0.15) is 0 Å². The zero-order valence-electron chi connectivity index (χ0n) is 12.4. The van der Waals surface area contributed by atoms with Gasteiger partial charge in [0.25, 0.3) is 0 Å². The first-order chi connectivity index (χ1) is 11.1. The molecular weight excluding hydrogens is 316 g/mol. The van der Waals surface area contributed by atoms with Crippen molar-refractivity contribution in [3.05, 3.63) is 57.8 Å². The molecule has 3 rings (SSSR count). The maximum Gasteiger partial charge on any atom is 0.113 e. The summed E-state index contributed by atoms with van der Waals surface area (Å²) >= 11 is 1.65. The van der Waals surface area contributed by atoms with E-state index in [1.807, 2.05) is 41.8 Å². The summed E-state index contributed by atoms with van der Waals surface area (Å²) in [5, 5.41) is 41.5. The highest BCUT2D eigenvalue weighted by Gasteiger charge is 2.44. The molecule has 1 aromatic carbocycles. The van der Waals surface area contributed by atoms with E-state index in [2.05, 4.69) is 0 Å². The van der Waals surface area contributed by atoms with E-state index in [1.54, 1.807) is 11.3 Å². The highest BCUT2D eigenvalue weighted by Crippen LogP contribution is 2.34. The molecule has 124 valence electrons. The first kappa shape index (κ1) is 16.6. The first-order valence-electron chi connectivity index (χ1n) is 7.52. The van der Waals surface area contributed by atoms with Gasteiger partial charge in [0.2, 0.25) is 0 Å². The highest BCUT2D eigenvalue weighted by atomic mass is 32.1. The summed E-state index contributed by atoms with van der Waals surface area (Å²) in [7, 11) is 0. The van der Waals surface area contributed by atoms with Gasteiger partial charge in [0.15, 0.2) is 0 Å². The monoisotopic (exact) mass is 336 g/mol. The number of aliphatic hydroxyl groups is 4. The summed E-state index contributed by atoms with van der Waals surface area (Å²) in [6.45, 7) is -0.422. The molecule has 5 atom stereocenters. The fourth-order valence-electron chi connectivity index (χ4n) is 2.93. The van der Waals surface area contributed by atoms with Crippen LogP contribution in [0.1, 0.15) is 22.1 Å². The van der Waals surface area contributed by atoms with E-state index in [0.29, 0.717) is 6.42 Å². The van der Waals surface area contributed by atoms with Gasteiger partial charge in [0, 0.05) is 11.3 Å². The van der Waals surface area contributed by atoms with Gasteiger partial charge in [0.05, 0.1) is 6.61 Å². The van der Waals surface area contributed by atoms with Crippen LogP contribution in [-0.2, 0) is 11.2 Å². The van der Waals surface area contributed by atoms with Crippen molar-refractivity contribution in [2.45, 2.75) is 36.9 Å². The number of aliphatic hydroxyl groups excluding tert-OH is 4. The summed E-state index contributed by atoms with van der Waals surface area (Å²) in [4.78, 5) is 1.18. The van der Waals surface area contributed by atoms with Gasteiger partial charge in [0.1, 0.15) is 30.5 Å². The molecule has 4 N–H and O–H groups in total. The molecule has 6 heteroatoms. The SMILES string of the molecule is OC[C@H]1O[C@@H](c2ccccc2Cc2cccs2)[C@H](O)[C@@H](O)[C@@H]1O. The third kappa shape index (κ3) is 3.33. The normalized spacial score (nSPS) is 31.2. The van der Waals surface area contributed by atoms with Crippen molar-refractivity contribution >= 4 is 11.3 Å². The number of hydrogen-bond donors (Lipinski definition) is 4. The third-order valence-corrected chi connectivity index (χ3v) is 5.08. The second-order valence-corrected chi connectivity index (χ2v) is 6.74. The van der Waals surface area contributed by atoms with Crippen molar-refractivity contribution in [2.24, 2.45) is 0 Å². The average Bonchev–Trinajstić information content (AvgIpc) is 3.07. The van der Waals surface area contributed by atoms with Crippen LogP contribution in [-0.4, -0.2) is 51.4 Å². The second kappa shape index (κ2) is 7.09. The van der Waals surface area contributed by atoms with E-state index in [9.17, 15) is 20.4 Å². The molecule has 2 aromatic rings. The van der Waals surface area contributed by atoms with Gasteiger partial charge in [-0.15, -0.1) is 11.3 Å². The Labute approximate surface area is 138 Å². The summed E-state index contributed by atoms with van der Waals surface area (Å²) in [5.41, 5.74) is 1.75. The lowest BCUT2D eigenvalue weighted by Crippen LogP contribution is -2.55. The van der Waals surface area contributed by atoms with Crippen molar-refractivity contribution in [1.29, 1.82) is 0 Å². The molecule has 1 saturated heterocycles. The average molecular weight is 336 g/mol. The fraction of sp³-hybridized carbons (Fsp3) is 0.412. The molecule has 0 amide bonds. The van der Waals surface area contributed by atoms with Gasteiger partial charge < -0.3 is 25.2 Å². The topological polar surface area (TPSA) is 90.2 Å². The molecule has 1 aliphatic heterocycles. The molecular formula is C17H20O5S. The standard InChI is InChI=1S/C17H20O5S/c18-9-13-14(19)15(20)16(21)17(22-13)12-6-2-1-4-10(12)8-11-5-3-7-23-11/h1-7,13-21H,8-9H2/t13-,14-,15+,16-,17+/m1/s1. The lowest BCUT2D eigenvalue weighted by molar-refractivity contribution is -0.231. The Morgan fingerprint density at radius 2 is 1.74 bits per heavy atom. The van der Waals surface area contributed by atoms with Crippen molar-refractivity contribution in [2.75, 3.05) is 6.61 Å². The van der Waals surface area contributed by atoms with E-state index in [4.69, 9.17) is 4.74 Å². The minimum Gasteiger partial charge on any atom is -0.394 e. The minimum atomic E-state index is -1.36. The third-order valence-electron chi connectivity index (χ3n) is 4.20. The molecule has 0 saturated carbocycles. The second-order valence-electron chi connectivity index (χ2n) is 5.70. The maximum atomic E-state index is 10.3. The van der Waals surface area contributed by atoms with Gasteiger partial charge >= 0.3 is 0 Å². The molecule has 1 aromatic heterocycles. The van der Waals surface area contributed by atoms with Crippen LogP contribution in [0.3, 0.4) is 0 Å². The molecule has 5 nitrogen and oxygen atoms in total. The minimum absolute atomic E-state index is 0.422. The molecule has 0 aliphatic carbocycles. The summed E-state index contributed by atoms with van der Waals surface area (Å²) in [6.07, 6.45) is -4.94. The number of rotatable bonds is 4. The lowest BCUT2D eigenvalue weighted by atomic mass is 9.88. The Bertz CT molecular complexity index is 628. The highest BCUT2D eigenvalue weighted by molar-refractivity contribution is 7.09. The van der Waals surface area contributed by atoms with Gasteiger partial charge in [-0.1, -0.05) is 30.3 Å². The van der Waals surface area contributed by atoms with Crippen molar-refractivity contribution in [3.8, 4) is 0 Å². The summed E-state index contributed by atoms with van der Waals surface area (Å²) < 4.78 is 5.67. The van der Waals surface area contributed by atoms with Gasteiger partial charge in [-0.3, -0.25) is 0 Å². The molecule has 0 radical (unpaired) electrons. The summed E-state index contributed by atoms with van der Waals surface area (Å²) in [6, 6.07) is 11.6. The zero-order chi connectivity index (χ0) is 16.4. The van der Waals surface area contributed by atoms with Crippen LogP contribution in [0.2, 0.25) is 0 Å². The molecule has 0 bridgehead atoms. The van der Waals surface area contributed by atoms with Crippen molar-refractivity contribution < 1.29 is 25.2 Å². The molecule has 2 heterocycles. The van der Waals surface area contributed by atoms with Crippen LogP contribution in [0, 0.1) is 0 Å². The van der Waals surface area contributed by atoms with Crippen LogP contribution in [0.5, 0.6) is 0 Å². The van der Waals surface area contributed by atoms with Crippen LogP contribution in [0.25, 0.3) is 0 Å². The predicted octanol–water partition coefficient (Wildman–Crippen LogP) is 0.854.